The van der Waals surface area contributed by atoms with Gasteiger partial charge in [0, 0.05) is 46.9 Å². The maximum atomic E-state index is 13.9. The fourth-order valence-electron chi connectivity index (χ4n) is 6.79. The Labute approximate surface area is 283 Å². The molecule has 0 spiro atoms. The van der Waals surface area contributed by atoms with Gasteiger partial charge in [-0.3, -0.25) is 14.7 Å². The van der Waals surface area contributed by atoms with Crippen molar-refractivity contribution >= 4 is 16.6 Å². The lowest BCUT2D eigenvalue weighted by molar-refractivity contribution is 0.103. The molecule has 0 saturated heterocycles. The van der Waals surface area contributed by atoms with Crippen molar-refractivity contribution in [1.82, 2.24) is 9.88 Å². The van der Waals surface area contributed by atoms with Crippen molar-refractivity contribution in [2.45, 2.75) is 18.9 Å². The Balaban J connectivity index is 1.56. The van der Waals surface area contributed by atoms with E-state index in [2.05, 4.69) is 9.88 Å². The Morgan fingerprint density at radius 3 is 2.20 bits per heavy atom. The Kier molecular flexibility index (Phi) is 8.29. The molecule has 0 saturated carbocycles. The van der Waals surface area contributed by atoms with Gasteiger partial charge >= 0.3 is 0 Å². The number of hydrogen-bond donors (Lipinski definition) is 1. The van der Waals surface area contributed by atoms with Crippen molar-refractivity contribution in [1.29, 1.82) is 0 Å². The van der Waals surface area contributed by atoms with Gasteiger partial charge in [0.2, 0.25) is 17.3 Å². The normalized spacial score (nSPS) is 15.5. The van der Waals surface area contributed by atoms with E-state index in [1.807, 2.05) is 19.2 Å². The van der Waals surface area contributed by atoms with Gasteiger partial charge in [0.15, 0.2) is 34.5 Å². The number of ether oxygens (including phenoxy) is 7. The predicted molar refractivity (Wildman–Crippen MR) is 182 cm³/mol. The third kappa shape index (κ3) is 5.36. The second kappa shape index (κ2) is 12.7. The summed E-state index contributed by atoms with van der Waals surface area (Å²) in [5.41, 5.74) is 2.97. The van der Waals surface area contributed by atoms with Gasteiger partial charge in [-0.05, 0) is 79.4 Å². The topological polar surface area (TPSA) is 118 Å². The van der Waals surface area contributed by atoms with Crippen molar-refractivity contribution in [2.75, 3.05) is 49.1 Å². The second-order valence-electron chi connectivity index (χ2n) is 11.8. The number of rotatable bonds is 5. The number of methoxy groups -OCH3 is 5. The minimum Gasteiger partial charge on any atom is -0.508 e. The minimum absolute atomic E-state index is 0.0474. The summed E-state index contributed by atoms with van der Waals surface area (Å²) in [6, 6.07) is 15.2. The summed E-state index contributed by atoms with van der Waals surface area (Å²) in [7, 11) is 9.78. The number of phenols is 1. The molecular formula is C38H36N2O9. The number of pyridine rings is 1. The maximum absolute atomic E-state index is 13.9. The highest BCUT2D eigenvalue weighted by Crippen LogP contribution is 2.56. The molecule has 11 heteroatoms. The first-order valence-corrected chi connectivity index (χ1v) is 15.7. The van der Waals surface area contributed by atoms with E-state index in [1.165, 1.54) is 7.11 Å². The smallest absolute Gasteiger partial charge is 0.211 e. The van der Waals surface area contributed by atoms with Gasteiger partial charge in [0.1, 0.15) is 17.2 Å². The lowest BCUT2D eigenvalue weighted by Crippen LogP contribution is -2.34. The Bertz CT molecular complexity index is 2100. The summed E-state index contributed by atoms with van der Waals surface area (Å²) in [6.07, 6.45) is 2.58. The zero-order chi connectivity index (χ0) is 34.4. The van der Waals surface area contributed by atoms with Crippen LogP contribution in [0.1, 0.15) is 38.8 Å². The summed E-state index contributed by atoms with van der Waals surface area (Å²) in [5.74, 6) is 3.43. The van der Waals surface area contributed by atoms with Crippen LogP contribution in [0.25, 0.3) is 10.8 Å². The van der Waals surface area contributed by atoms with Crippen LogP contribution in [0.5, 0.6) is 57.5 Å². The molecule has 5 aromatic rings. The Morgan fingerprint density at radius 2 is 1.51 bits per heavy atom. The molecule has 3 aliphatic heterocycles. The monoisotopic (exact) mass is 664 g/mol. The molecule has 4 heterocycles. The molecule has 8 rings (SSSR count). The van der Waals surface area contributed by atoms with Crippen molar-refractivity contribution in [2.24, 2.45) is 0 Å². The lowest BCUT2D eigenvalue weighted by Gasteiger charge is -2.37. The van der Waals surface area contributed by atoms with Crippen LogP contribution in [0.3, 0.4) is 0 Å². The van der Waals surface area contributed by atoms with Gasteiger partial charge in [0.05, 0.1) is 35.5 Å². The molecule has 0 aliphatic carbocycles. The molecule has 1 aromatic heterocycles. The molecule has 0 radical (unpaired) electrons. The maximum Gasteiger partial charge on any atom is 0.211 e. The SMILES string of the molecule is COc1cc(O)c2cc1Oc1ccc(cc1)C(=O)c1nccc3cc(OC)c(cc13)Oc1c(OC)c(OC)c(OC)c3c1C(C2)N(C)CC3. The molecule has 0 amide bonds. The molecule has 6 bridgehead atoms. The minimum atomic E-state index is -0.331. The molecule has 49 heavy (non-hydrogen) atoms. The van der Waals surface area contributed by atoms with Crippen LogP contribution in [-0.2, 0) is 12.8 Å². The molecule has 1 unspecified atom stereocenters. The average Bonchev–Trinajstić information content (AvgIpc) is 3.12. The van der Waals surface area contributed by atoms with Crippen LogP contribution < -0.4 is 33.2 Å². The number of likely N-dealkylation sites (N-methyl/N-ethyl adjacent to an activating group) is 1. The zero-order valence-electron chi connectivity index (χ0n) is 28.1. The van der Waals surface area contributed by atoms with Gasteiger partial charge in [-0.2, -0.15) is 0 Å². The van der Waals surface area contributed by atoms with E-state index in [9.17, 15) is 9.90 Å². The number of fused-ring (bicyclic) bond motifs is 2. The number of benzene rings is 4. The van der Waals surface area contributed by atoms with E-state index >= 15 is 0 Å². The fraction of sp³-hybridized carbons (Fsp3) is 0.263. The first-order chi connectivity index (χ1) is 23.8. The summed E-state index contributed by atoms with van der Waals surface area (Å²) in [5, 5.41) is 12.6. The van der Waals surface area contributed by atoms with E-state index in [0.717, 1.165) is 16.5 Å². The van der Waals surface area contributed by atoms with Crippen LogP contribution in [-0.4, -0.2) is 69.9 Å². The predicted octanol–water partition coefficient (Wildman–Crippen LogP) is 6.88. The highest BCUT2D eigenvalue weighted by Gasteiger charge is 2.37. The molecule has 11 nitrogen and oxygen atoms in total. The summed E-state index contributed by atoms with van der Waals surface area (Å²) >= 11 is 0. The van der Waals surface area contributed by atoms with Crippen LogP contribution >= 0.6 is 0 Å². The zero-order valence-corrected chi connectivity index (χ0v) is 28.1. The molecule has 252 valence electrons. The van der Waals surface area contributed by atoms with Crippen molar-refractivity contribution in [3.05, 3.63) is 88.7 Å². The number of aromatic hydroxyl groups is 1. The van der Waals surface area contributed by atoms with Crippen molar-refractivity contribution in [3.8, 4) is 57.5 Å². The van der Waals surface area contributed by atoms with Gasteiger partial charge in [-0.15, -0.1) is 0 Å². The quantitative estimate of drug-likeness (QED) is 0.212. The largest absolute Gasteiger partial charge is 0.508 e. The summed E-state index contributed by atoms with van der Waals surface area (Å²) in [6.45, 7) is 0.687. The molecule has 4 aromatic carbocycles. The highest BCUT2D eigenvalue weighted by molar-refractivity contribution is 6.15. The van der Waals surface area contributed by atoms with Gasteiger partial charge < -0.3 is 38.3 Å². The number of hydrogen-bond acceptors (Lipinski definition) is 11. The molecular weight excluding hydrogens is 628 g/mol. The van der Waals surface area contributed by atoms with Gasteiger partial charge in [-0.25, -0.2) is 0 Å². The number of ketones is 1. The molecule has 0 fully saturated rings. The second-order valence-corrected chi connectivity index (χ2v) is 11.8. The fourth-order valence-corrected chi connectivity index (χ4v) is 6.79. The van der Waals surface area contributed by atoms with E-state index in [4.69, 9.17) is 33.2 Å². The van der Waals surface area contributed by atoms with Crippen molar-refractivity contribution in [3.63, 3.8) is 0 Å². The van der Waals surface area contributed by atoms with Crippen LogP contribution in [0, 0.1) is 0 Å². The molecule has 1 N–H and O–H groups in total. The van der Waals surface area contributed by atoms with Crippen LogP contribution in [0.4, 0.5) is 0 Å². The van der Waals surface area contributed by atoms with Crippen LogP contribution in [0.15, 0.2) is 60.8 Å². The first kappa shape index (κ1) is 31.9. The number of carbonyl (C=O) groups excluding carboxylic acids is 1. The van der Waals surface area contributed by atoms with Crippen LogP contribution in [0.2, 0.25) is 0 Å². The van der Waals surface area contributed by atoms with Gasteiger partial charge in [0.25, 0.3) is 0 Å². The number of aromatic nitrogens is 1. The lowest BCUT2D eigenvalue weighted by atomic mass is 9.86. The van der Waals surface area contributed by atoms with Crippen molar-refractivity contribution < 1.29 is 43.1 Å². The summed E-state index contributed by atoms with van der Waals surface area (Å²) < 4.78 is 42.4. The Morgan fingerprint density at radius 1 is 0.816 bits per heavy atom. The van der Waals surface area contributed by atoms with E-state index < -0.39 is 0 Å². The highest BCUT2D eigenvalue weighted by atomic mass is 16.6. The molecule has 1 atom stereocenters. The van der Waals surface area contributed by atoms with E-state index in [0.29, 0.717) is 87.6 Å². The average molecular weight is 665 g/mol. The Hall–Kier alpha value is -5.68. The number of carbonyl (C=O) groups is 1. The third-order valence-corrected chi connectivity index (χ3v) is 9.25. The number of nitrogens with zero attached hydrogens (tertiary/aromatic N) is 2. The number of phenolic OH excluding ortho intramolecular Hbond substituents is 1. The summed E-state index contributed by atoms with van der Waals surface area (Å²) in [4.78, 5) is 20.6. The van der Waals surface area contributed by atoms with E-state index in [-0.39, 0.29) is 23.3 Å². The first-order valence-electron chi connectivity index (χ1n) is 15.7. The van der Waals surface area contributed by atoms with Gasteiger partial charge in [-0.1, -0.05) is 0 Å². The van der Waals surface area contributed by atoms with E-state index in [1.54, 1.807) is 77.1 Å². The standard InChI is InChI=1S/C38H36N2O9/c1-40-14-12-24-32-26(40)15-22-17-30(29(44-3)19-27(22)41)48-23-9-7-20(8-10-23)34(42)33-25-18-31(28(43-2)16-21(25)11-13-39-33)49-36(32)38(47-6)37(46-5)35(24)45-4/h7-11,13,16-19,26,41H,12,14-15H2,1-6H3. The molecule has 3 aliphatic rings. The third-order valence-electron chi connectivity index (χ3n) is 9.25.